The van der Waals surface area contributed by atoms with Crippen LogP contribution in [0.1, 0.15) is 93.6 Å². The zero-order valence-electron chi connectivity index (χ0n) is 21.1. The molecule has 3 saturated carbocycles. The second-order valence-corrected chi connectivity index (χ2v) is 12.1. The van der Waals surface area contributed by atoms with Gasteiger partial charge in [0.25, 0.3) is 0 Å². The number of Topliss-reactive ketones (excluding diaryl/α,β-unsaturated/α-hetero) is 1. The second kappa shape index (κ2) is 10.6. The van der Waals surface area contributed by atoms with E-state index in [1.54, 1.807) is 0 Å². The number of allylic oxidation sites excluding steroid dienone is 3. The van der Waals surface area contributed by atoms with Gasteiger partial charge >= 0.3 is 0 Å². The Morgan fingerprint density at radius 2 is 2.15 bits per heavy atom. The molecule has 0 aromatic carbocycles. The average molecular weight is 484 g/mol. The molecule has 3 aliphatic rings. The highest BCUT2D eigenvalue weighted by Gasteiger charge is 2.50. The van der Waals surface area contributed by atoms with Crippen molar-refractivity contribution in [2.24, 2.45) is 23.2 Å². The molecule has 0 bridgehead atoms. The summed E-state index contributed by atoms with van der Waals surface area (Å²) in [5.41, 5.74) is 4.55. The van der Waals surface area contributed by atoms with E-state index in [9.17, 15) is 15.0 Å². The molecular weight excluding hydrogens is 442 g/mol. The Morgan fingerprint density at radius 1 is 1.35 bits per heavy atom. The van der Waals surface area contributed by atoms with Gasteiger partial charge in [-0.3, -0.25) is 4.79 Å². The van der Waals surface area contributed by atoms with Crippen molar-refractivity contribution in [1.82, 2.24) is 4.98 Å². The molecule has 0 radical (unpaired) electrons. The highest BCUT2D eigenvalue weighted by Crippen LogP contribution is 2.60. The summed E-state index contributed by atoms with van der Waals surface area (Å²) in [5, 5.41) is 22.9. The van der Waals surface area contributed by atoms with E-state index in [4.69, 9.17) is 0 Å². The van der Waals surface area contributed by atoms with Gasteiger partial charge in [0.15, 0.2) is 10.8 Å². The first-order valence-electron chi connectivity index (χ1n) is 13.1. The van der Waals surface area contributed by atoms with Crippen LogP contribution in [0.4, 0.5) is 0 Å². The van der Waals surface area contributed by atoms with Gasteiger partial charge in [0, 0.05) is 23.9 Å². The Morgan fingerprint density at radius 3 is 2.88 bits per heavy atom. The Labute approximate surface area is 208 Å². The van der Waals surface area contributed by atoms with E-state index in [1.165, 1.54) is 42.6 Å². The molecule has 186 valence electrons. The predicted octanol–water partition coefficient (Wildman–Crippen LogP) is 6.58. The quantitative estimate of drug-likeness (QED) is 0.430. The van der Waals surface area contributed by atoms with E-state index < -0.39 is 12.2 Å². The number of rotatable bonds is 7. The first kappa shape index (κ1) is 25.5. The van der Waals surface area contributed by atoms with Crippen molar-refractivity contribution in [1.29, 1.82) is 0 Å². The Hall–Kier alpha value is -1.56. The van der Waals surface area contributed by atoms with Crippen LogP contribution in [-0.2, 0) is 0 Å². The molecule has 2 N–H and O–H groups in total. The van der Waals surface area contributed by atoms with Gasteiger partial charge in [-0.15, -0.1) is 11.3 Å². The standard InChI is InChI=1S/C29H41NO3S/c1-18(7-5-9-26(32)28-30-19(2)17-34-28)24-12-13-25-21(8-6-14-29(24,25)4)10-11-22-15-23(31)16-27(33)20(22)3/h10-11,17-18,23-25,27,31,33H,3,5-9,12-16H2,1-2,4H3/b21-10+,22-11-/t18-,23-,24-,25+,27+,29-/m1/s1. The molecule has 0 saturated heterocycles. The van der Waals surface area contributed by atoms with Crippen LogP contribution >= 0.6 is 11.3 Å². The van der Waals surface area contributed by atoms with Crippen LogP contribution in [-0.4, -0.2) is 33.2 Å². The van der Waals surface area contributed by atoms with E-state index in [-0.39, 0.29) is 5.78 Å². The summed E-state index contributed by atoms with van der Waals surface area (Å²) in [6.07, 6.45) is 13.1. The maximum atomic E-state index is 12.5. The molecule has 0 spiro atoms. The van der Waals surface area contributed by atoms with Gasteiger partial charge in [0.2, 0.25) is 0 Å². The summed E-state index contributed by atoms with van der Waals surface area (Å²) < 4.78 is 0. The Balaban J connectivity index is 1.38. The number of carbonyl (C=O) groups is 1. The van der Waals surface area contributed by atoms with E-state index in [0.717, 1.165) is 36.1 Å². The molecule has 5 heteroatoms. The van der Waals surface area contributed by atoms with Crippen LogP contribution in [0.5, 0.6) is 0 Å². The smallest absolute Gasteiger partial charge is 0.191 e. The normalized spacial score (nSPS) is 35.0. The van der Waals surface area contributed by atoms with Crippen molar-refractivity contribution in [2.45, 2.75) is 97.2 Å². The van der Waals surface area contributed by atoms with Crippen LogP contribution in [0.3, 0.4) is 0 Å². The highest BCUT2D eigenvalue weighted by molar-refractivity contribution is 7.11. The third kappa shape index (κ3) is 5.32. The van der Waals surface area contributed by atoms with Crippen molar-refractivity contribution in [3.8, 4) is 0 Å². The second-order valence-electron chi connectivity index (χ2n) is 11.3. The molecule has 4 rings (SSSR count). The zero-order valence-corrected chi connectivity index (χ0v) is 21.9. The highest BCUT2D eigenvalue weighted by atomic mass is 32.1. The van der Waals surface area contributed by atoms with Crippen LogP contribution in [0.15, 0.2) is 40.8 Å². The number of aliphatic hydroxyl groups is 2. The molecule has 0 aliphatic heterocycles. The molecule has 3 aliphatic carbocycles. The number of hydrogen-bond donors (Lipinski definition) is 2. The largest absolute Gasteiger partial charge is 0.393 e. The number of ketones is 1. The van der Waals surface area contributed by atoms with E-state index in [1.807, 2.05) is 12.3 Å². The number of fused-ring (bicyclic) bond motifs is 1. The summed E-state index contributed by atoms with van der Waals surface area (Å²) >= 11 is 1.47. The lowest BCUT2D eigenvalue weighted by Gasteiger charge is -2.44. The number of aliphatic hydroxyl groups excluding tert-OH is 2. The average Bonchev–Trinajstić information content (AvgIpc) is 3.38. The lowest BCUT2D eigenvalue weighted by Crippen LogP contribution is -2.36. The summed E-state index contributed by atoms with van der Waals surface area (Å²) in [5.74, 6) is 2.11. The molecule has 1 aromatic heterocycles. The van der Waals surface area contributed by atoms with Gasteiger partial charge in [0.05, 0.1) is 12.2 Å². The zero-order chi connectivity index (χ0) is 24.5. The minimum absolute atomic E-state index is 0.191. The van der Waals surface area contributed by atoms with E-state index in [0.29, 0.717) is 47.4 Å². The van der Waals surface area contributed by atoms with Crippen molar-refractivity contribution in [2.75, 3.05) is 0 Å². The molecule has 1 aromatic rings. The third-order valence-corrected chi connectivity index (χ3v) is 9.91. The Kier molecular flexibility index (Phi) is 7.95. The number of aromatic nitrogens is 1. The number of carbonyl (C=O) groups excluding carboxylic acids is 1. The number of hydrogen-bond acceptors (Lipinski definition) is 5. The lowest BCUT2D eigenvalue weighted by molar-refractivity contribution is 0.0859. The predicted molar refractivity (Wildman–Crippen MR) is 139 cm³/mol. The van der Waals surface area contributed by atoms with Crippen LogP contribution < -0.4 is 0 Å². The molecule has 3 fully saturated rings. The van der Waals surface area contributed by atoms with Crippen molar-refractivity contribution >= 4 is 17.1 Å². The minimum Gasteiger partial charge on any atom is -0.393 e. The fraction of sp³-hybridized carbons (Fsp3) is 0.655. The Bertz CT molecular complexity index is 976. The maximum absolute atomic E-state index is 12.5. The van der Waals surface area contributed by atoms with Gasteiger partial charge in [-0.1, -0.05) is 38.2 Å². The monoisotopic (exact) mass is 483 g/mol. The summed E-state index contributed by atoms with van der Waals surface area (Å²) in [7, 11) is 0. The van der Waals surface area contributed by atoms with Gasteiger partial charge in [0.1, 0.15) is 0 Å². The van der Waals surface area contributed by atoms with Gasteiger partial charge in [-0.25, -0.2) is 4.98 Å². The number of thiazole rings is 1. The molecule has 4 nitrogen and oxygen atoms in total. The van der Waals surface area contributed by atoms with Crippen LogP contribution in [0.25, 0.3) is 0 Å². The first-order valence-corrected chi connectivity index (χ1v) is 14.0. The summed E-state index contributed by atoms with van der Waals surface area (Å²) in [4.78, 5) is 16.8. The van der Waals surface area contributed by atoms with Gasteiger partial charge in [-0.05, 0) is 92.6 Å². The topological polar surface area (TPSA) is 70.4 Å². The number of aryl methyl sites for hydroxylation is 1. The van der Waals surface area contributed by atoms with Crippen LogP contribution in [0, 0.1) is 30.1 Å². The minimum atomic E-state index is -0.631. The first-order chi connectivity index (χ1) is 16.2. The van der Waals surface area contributed by atoms with Crippen LogP contribution in [0.2, 0.25) is 0 Å². The van der Waals surface area contributed by atoms with Gasteiger partial charge in [-0.2, -0.15) is 0 Å². The number of nitrogens with zero attached hydrogens (tertiary/aromatic N) is 1. The molecule has 1 heterocycles. The molecule has 34 heavy (non-hydrogen) atoms. The fourth-order valence-corrected chi connectivity index (χ4v) is 7.82. The molecule has 0 unspecified atom stereocenters. The third-order valence-electron chi connectivity index (χ3n) is 8.91. The van der Waals surface area contributed by atoms with E-state index >= 15 is 0 Å². The van der Waals surface area contributed by atoms with E-state index in [2.05, 4.69) is 37.6 Å². The van der Waals surface area contributed by atoms with Gasteiger partial charge < -0.3 is 10.2 Å². The maximum Gasteiger partial charge on any atom is 0.191 e. The lowest BCUT2D eigenvalue weighted by atomic mass is 9.60. The van der Waals surface area contributed by atoms with Crippen molar-refractivity contribution in [3.05, 3.63) is 51.5 Å². The van der Waals surface area contributed by atoms with Crippen molar-refractivity contribution in [3.63, 3.8) is 0 Å². The molecule has 0 amide bonds. The molecule has 6 atom stereocenters. The van der Waals surface area contributed by atoms with Crippen molar-refractivity contribution < 1.29 is 15.0 Å². The fourth-order valence-electron chi connectivity index (χ4n) is 7.05. The SMILES string of the molecule is C=C1/C(=C\C=C2/CCC[C@]3(C)[C@@H]([C@H](C)CCCC(=O)c4nc(C)cs4)CC[C@@H]23)C[C@@H](O)C[C@@H]1O. The molecular formula is C29H41NO3S. The summed E-state index contributed by atoms with van der Waals surface area (Å²) in [6, 6.07) is 0. The summed E-state index contributed by atoms with van der Waals surface area (Å²) in [6.45, 7) is 10.9.